The van der Waals surface area contributed by atoms with Crippen LogP contribution in [-0.2, 0) is 0 Å². The summed E-state index contributed by atoms with van der Waals surface area (Å²) < 4.78 is 13.5. The van der Waals surface area contributed by atoms with Gasteiger partial charge in [0, 0.05) is 16.2 Å². The summed E-state index contributed by atoms with van der Waals surface area (Å²) in [5.41, 5.74) is 6.02. The standard InChI is InChI=1S/C13H20FNOS/c1-9(2)7-11(15)13(8-16)17-12-6-4-3-5-10(12)14/h3-6,9,11,13,16H,7-8,15H2,1-2H3. The summed E-state index contributed by atoms with van der Waals surface area (Å²) in [7, 11) is 0. The van der Waals surface area contributed by atoms with Crippen LogP contribution in [0.2, 0.25) is 0 Å². The molecule has 1 aromatic rings. The van der Waals surface area contributed by atoms with E-state index in [9.17, 15) is 9.50 Å². The van der Waals surface area contributed by atoms with Gasteiger partial charge in [0.15, 0.2) is 0 Å². The molecule has 0 fully saturated rings. The quantitative estimate of drug-likeness (QED) is 0.770. The summed E-state index contributed by atoms with van der Waals surface area (Å²) in [6.45, 7) is 4.14. The van der Waals surface area contributed by atoms with Crippen molar-refractivity contribution in [2.45, 2.75) is 36.5 Å². The first-order valence-electron chi connectivity index (χ1n) is 5.82. The van der Waals surface area contributed by atoms with Crippen LogP contribution in [0.4, 0.5) is 4.39 Å². The van der Waals surface area contributed by atoms with E-state index in [1.165, 1.54) is 17.8 Å². The molecule has 0 aliphatic rings. The Morgan fingerprint density at radius 2 is 2.00 bits per heavy atom. The van der Waals surface area contributed by atoms with E-state index in [0.717, 1.165) is 6.42 Å². The fraction of sp³-hybridized carbons (Fsp3) is 0.538. The number of aliphatic hydroxyl groups is 1. The predicted octanol–water partition coefficient (Wildman–Crippen LogP) is 2.65. The number of thioether (sulfide) groups is 1. The van der Waals surface area contributed by atoms with Crippen LogP contribution in [0.1, 0.15) is 20.3 Å². The molecule has 0 heterocycles. The topological polar surface area (TPSA) is 46.2 Å². The smallest absolute Gasteiger partial charge is 0.136 e. The van der Waals surface area contributed by atoms with Crippen molar-refractivity contribution in [1.29, 1.82) is 0 Å². The van der Waals surface area contributed by atoms with Gasteiger partial charge in [0.1, 0.15) is 5.82 Å². The van der Waals surface area contributed by atoms with Crippen LogP contribution in [0.15, 0.2) is 29.2 Å². The molecule has 96 valence electrons. The lowest BCUT2D eigenvalue weighted by atomic mass is 10.0. The normalized spacial score (nSPS) is 14.9. The molecule has 0 amide bonds. The van der Waals surface area contributed by atoms with E-state index in [1.807, 2.05) is 0 Å². The van der Waals surface area contributed by atoms with Gasteiger partial charge in [-0.15, -0.1) is 11.8 Å². The van der Waals surface area contributed by atoms with Crippen LogP contribution in [0, 0.1) is 11.7 Å². The lowest BCUT2D eigenvalue weighted by Crippen LogP contribution is -2.36. The molecule has 4 heteroatoms. The van der Waals surface area contributed by atoms with Gasteiger partial charge in [0.25, 0.3) is 0 Å². The molecule has 0 saturated heterocycles. The third-order valence-corrected chi connectivity index (χ3v) is 3.90. The van der Waals surface area contributed by atoms with Gasteiger partial charge < -0.3 is 10.8 Å². The Morgan fingerprint density at radius 1 is 1.35 bits per heavy atom. The van der Waals surface area contributed by atoms with Gasteiger partial charge in [-0.3, -0.25) is 0 Å². The largest absolute Gasteiger partial charge is 0.395 e. The van der Waals surface area contributed by atoms with E-state index in [0.29, 0.717) is 10.8 Å². The predicted molar refractivity (Wildman–Crippen MR) is 70.6 cm³/mol. The van der Waals surface area contributed by atoms with E-state index < -0.39 is 0 Å². The highest BCUT2D eigenvalue weighted by Gasteiger charge is 2.20. The average molecular weight is 257 g/mol. The Bertz CT molecular complexity index is 346. The van der Waals surface area contributed by atoms with Gasteiger partial charge in [-0.05, 0) is 24.5 Å². The van der Waals surface area contributed by atoms with Crippen LogP contribution < -0.4 is 5.73 Å². The van der Waals surface area contributed by atoms with E-state index in [1.54, 1.807) is 18.2 Å². The summed E-state index contributed by atoms with van der Waals surface area (Å²) in [5, 5.41) is 9.18. The SMILES string of the molecule is CC(C)CC(N)C(CO)Sc1ccccc1F. The van der Waals surface area contributed by atoms with Gasteiger partial charge in [-0.2, -0.15) is 0 Å². The number of hydrogen-bond acceptors (Lipinski definition) is 3. The fourth-order valence-electron chi connectivity index (χ4n) is 1.66. The molecule has 2 atom stereocenters. The van der Waals surface area contributed by atoms with Gasteiger partial charge in [0.05, 0.1) is 6.61 Å². The molecule has 2 nitrogen and oxygen atoms in total. The van der Waals surface area contributed by atoms with Gasteiger partial charge in [0.2, 0.25) is 0 Å². The number of rotatable bonds is 6. The highest BCUT2D eigenvalue weighted by atomic mass is 32.2. The molecular weight excluding hydrogens is 237 g/mol. The fourth-order valence-corrected chi connectivity index (χ4v) is 2.68. The molecule has 17 heavy (non-hydrogen) atoms. The minimum atomic E-state index is -0.257. The van der Waals surface area contributed by atoms with Crippen molar-refractivity contribution >= 4 is 11.8 Å². The van der Waals surface area contributed by atoms with E-state index in [-0.39, 0.29) is 23.7 Å². The maximum atomic E-state index is 13.5. The first-order chi connectivity index (χ1) is 8.04. The van der Waals surface area contributed by atoms with Gasteiger partial charge in [-0.1, -0.05) is 26.0 Å². The molecule has 0 radical (unpaired) electrons. The number of benzene rings is 1. The molecule has 0 bridgehead atoms. The zero-order chi connectivity index (χ0) is 12.8. The maximum Gasteiger partial charge on any atom is 0.136 e. The second-order valence-corrected chi connectivity index (χ2v) is 5.84. The van der Waals surface area contributed by atoms with Crippen molar-refractivity contribution in [3.8, 4) is 0 Å². The molecular formula is C13H20FNOS. The Labute approximate surface area is 106 Å². The Kier molecular flexibility index (Phi) is 5.95. The molecule has 2 unspecified atom stereocenters. The minimum absolute atomic E-state index is 0.0348. The third kappa shape index (κ3) is 4.66. The molecule has 1 aromatic carbocycles. The number of nitrogens with two attached hydrogens (primary N) is 1. The van der Waals surface area contributed by atoms with Crippen molar-refractivity contribution in [3.63, 3.8) is 0 Å². The number of hydrogen-bond donors (Lipinski definition) is 2. The van der Waals surface area contributed by atoms with Gasteiger partial charge >= 0.3 is 0 Å². The minimum Gasteiger partial charge on any atom is -0.395 e. The van der Waals surface area contributed by atoms with Crippen molar-refractivity contribution in [1.82, 2.24) is 0 Å². The second kappa shape index (κ2) is 6.99. The monoisotopic (exact) mass is 257 g/mol. The van der Waals surface area contributed by atoms with Crippen molar-refractivity contribution in [2.24, 2.45) is 11.7 Å². The highest BCUT2D eigenvalue weighted by Crippen LogP contribution is 2.28. The molecule has 0 spiro atoms. The average Bonchev–Trinajstić information content (AvgIpc) is 2.27. The van der Waals surface area contributed by atoms with Crippen LogP contribution in [0.25, 0.3) is 0 Å². The summed E-state index contributed by atoms with van der Waals surface area (Å²) in [6, 6.07) is 6.45. The van der Waals surface area contributed by atoms with Crippen LogP contribution in [0.3, 0.4) is 0 Å². The van der Waals surface area contributed by atoms with Crippen LogP contribution in [-0.4, -0.2) is 23.0 Å². The number of aliphatic hydroxyl groups excluding tert-OH is 1. The molecule has 1 rings (SSSR count). The van der Waals surface area contributed by atoms with Crippen LogP contribution in [0.5, 0.6) is 0 Å². The first kappa shape index (κ1) is 14.5. The maximum absolute atomic E-state index is 13.5. The van der Waals surface area contributed by atoms with E-state index in [4.69, 9.17) is 5.73 Å². The third-order valence-electron chi connectivity index (χ3n) is 2.52. The summed E-state index contributed by atoms with van der Waals surface area (Å²) >= 11 is 1.32. The Hall–Kier alpha value is -0.580. The van der Waals surface area contributed by atoms with Crippen molar-refractivity contribution in [3.05, 3.63) is 30.1 Å². The van der Waals surface area contributed by atoms with E-state index >= 15 is 0 Å². The van der Waals surface area contributed by atoms with Crippen molar-refractivity contribution < 1.29 is 9.50 Å². The first-order valence-corrected chi connectivity index (χ1v) is 6.70. The second-order valence-electron chi connectivity index (χ2n) is 4.56. The summed E-state index contributed by atoms with van der Waals surface area (Å²) in [5.74, 6) is 0.216. The van der Waals surface area contributed by atoms with Crippen molar-refractivity contribution in [2.75, 3.05) is 6.61 Å². The Morgan fingerprint density at radius 3 is 2.53 bits per heavy atom. The lowest BCUT2D eigenvalue weighted by molar-refractivity contribution is 0.275. The molecule has 0 aliphatic heterocycles. The molecule has 0 aliphatic carbocycles. The molecule has 0 saturated carbocycles. The summed E-state index contributed by atoms with van der Waals surface area (Å²) in [4.78, 5) is 0.547. The molecule has 0 aromatic heterocycles. The zero-order valence-corrected chi connectivity index (χ0v) is 11.1. The van der Waals surface area contributed by atoms with Crippen LogP contribution >= 0.6 is 11.8 Å². The molecule has 3 N–H and O–H groups in total. The van der Waals surface area contributed by atoms with E-state index in [2.05, 4.69) is 13.8 Å². The number of halogens is 1. The highest BCUT2D eigenvalue weighted by molar-refractivity contribution is 8.00. The zero-order valence-electron chi connectivity index (χ0n) is 10.3. The lowest BCUT2D eigenvalue weighted by Gasteiger charge is -2.23. The summed E-state index contributed by atoms with van der Waals surface area (Å²) in [6.07, 6.45) is 0.826. The Balaban J connectivity index is 2.66. The van der Waals surface area contributed by atoms with Gasteiger partial charge in [-0.25, -0.2) is 4.39 Å².